The number of carbonyl (C=O) groups is 2. The number of hydrogen-bond donors (Lipinski definition) is 2. The van der Waals surface area contributed by atoms with Gasteiger partial charge in [-0.25, -0.2) is 17.9 Å². The summed E-state index contributed by atoms with van der Waals surface area (Å²) in [4.78, 5) is 24.6. The number of ether oxygens (including phenoxy) is 1. The molecule has 0 unspecified atom stereocenters. The van der Waals surface area contributed by atoms with E-state index in [-0.39, 0.29) is 6.54 Å². The number of esters is 1. The Bertz CT molecular complexity index is 968. The van der Waals surface area contributed by atoms with Crippen molar-refractivity contribution in [2.75, 3.05) is 18.1 Å². The molecule has 0 radical (unpaired) electrons. The van der Waals surface area contributed by atoms with Crippen molar-refractivity contribution in [3.8, 4) is 0 Å². The summed E-state index contributed by atoms with van der Waals surface area (Å²) in [6.07, 6.45) is 0.641. The molecule has 1 atom stereocenters. The van der Waals surface area contributed by atoms with Gasteiger partial charge in [0.2, 0.25) is 10.0 Å². The van der Waals surface area contributed by atoms with E-state index in [9.17, 15) is 18.0 Å². The second-order valence-corrected chi connectivity index (χ2v) is 9.26. The predicted octanol–water partition coefficient (Wildman–Crippen LogP) is 3.09. The zero-order valence-corrected chi connectivity index (χ0v) is 18.5. The molecule has 1 amide bonds. The molecule has 0 saturated heterocycles. The molecular formula is C22H28N2O5S. The van der Waals surface area contributed by atoms with E-state index >= 15 is 0 Å². The van der Waals surface area contributed by atoms with Crippen LogP contribution in [0.4, 0.5) is 5.69 Å². The number of benzene rings is 2. The number of anilines is 1. The van der Waals surface area contributed by atoms with Gasteiger partial charge in [0.15, 0.2) is 6.10 Å². The van der Waals surface area contributed by atoms with E-state index < -0.39 is 28.0 Å². The van der Waals surface area contributed by atoms with Crippen LogP contribution >= 0.6 is 0 Å². The molecular weight excluding hydrogens is 404 g/mol. The maximum absolute atomic E-state index is 12.3. The fraction of sp³-hybridized carbons (Fsp3) is 0.364. The Morgan fingerprint density at radius 3 is 2.10 bits per heavy atom. The van der Waals surface area contributed by atoms with Crippen molar-refractivity contribution < 1.29 is 22.7 Å². The van der Waals surface area contributed by atoms with E-state index in [0.29, 0.717) is 23.6 Å². The van der Waals surface area contributed by atoms with E-state index in [1.807, 2.05) is 24.3 Å². The van der Waals surface area contributed by atoms with E-state index in [1.165, 1.54) is 12.5 Å². The molecule has 2 aromatic rings. The molecule has 0 spiro atoms. The molecule has 2 aromatic carbocycles. The first-order valence-corrected chi connectivity index (χ1v) is 11.6. The third-order valence-electron chi connectivity index (χ3n) is 4.47. The molecule has 0 aliphatic carbocycles. The SMILES string of the molecule is CC(C)c1ccc(NC(=O)[C@H](C)OC(=O)c2ccc(CCNS(C)(=O)=O)cc2)cc1. The van der Waals surface area contributed by atoms with Gasteiger partial charge in [0.1, 0.15) is 0 Å². The Labute approximate surface area is 177 Å². The zero-order chi connectivity index (χ0) is 22.3. The van der Waals surface area contributed by atoms with Crippen LogP contribution in [0.25, 0.3) is 0 Å². The second kappa shape index (κ2) is 10.4. The van der Waals surface area contributed by atoms with Crippen LogP contribution < -0.4 is 10.0 Å². The molecule has 0 aliphatic heterocycles. The largest absolute Gasteiger partial charge is 0.449 e. The summed E-state index contributed by atoms with van der Waals surface area (Å²) in [5.74, 6) is -0.616. The quantitative estimate of drug-likeness (QED) is 0.593. The molecule has 8 heteroatoms. The van der Waals surface area contributed by atoms with Crippen molar-refractivity contribution in [3.05, 3.63) is 65.2 Å². The van der Waals surface area contributed by atoms with Gasteiger partial charge < -0.3 is 10.1 Å². The van der Waals surface area contributed by atoms with Crippen molar-refractivity contribution in [1.82, 2.24) is 4.72 Å². The van der Waals surface area contributed by atoms with Gasteiger partial charge in [-0.05, 0) is 54.7 Å². The first-order chi connectivity index (χ1) is 14.0. The van der Waals surface area contributed by atoms with Crippen LogP contribution in [0.3, 0.4) is 0 Å². The Morgan fingerprint density at radius 1 is 0.967 bits per heavy atom. The normalized spacial score (nSPS) is 12.4. The third-order valence-corrected chi connectivity index (χ3v) is 5.19. The average Bonchev–Trinajstić information content (AvgIpc) is 2.67. The van der Waals surface area contributed by atoms with Gasteiger partial charge in [0, 0.05) is 12.2 Å². The van der Waals surface area contributed by atoms with Crippen molar-refractivity contribution in [3.63, 3.8) is 0 Å². The van der Waals surface area contributed by atoms with Crippen LogP contribution in [0.15, 0.2) is 48.5 Å². The number of hydrogen-bond acceptors (Lipinski definition) is 5. The number of rotatable bonds is 9. The van der Waals surface area contributed by atoms with Crippen LogP contribution in [-0.4, -0.2) is 39.2 Å². The van der Waals surface area contributed by atoms with Crippen molar-refractivity contribution in [1.29, 1.82) is 0 Å². The summed E-state index contributed by atoms with van der Waals surface area (Å²) in [6.45, 7) is 5.97. The van der Waals surface area contributed by atoms with Crippen molar-refractivity contribution >= 4 is 27.6 Å². The first-order valence-electron chi connectivity index (χ1n) is 9.70. The fourth-order valence-electron chi connectivity index (χ4n) is 2.67. The molecule has 162 valence electrons. The van der Waals surface area contributed by atoms with Gasteiger partial charge in [0.25, 0.3) is 5.91 Å². The Kier molecular flexibility index (Phi) is 8.14. The molecule has 2 N–H and O–H groups in total. The topological polar surface area (TPSA) is 102 Å². The summed E-state index contributed by atoms with van der Waals surface area (Å²) >= 11 is 0. The van der Waals surface area contributed by atoms with Crippen LogP contribution in [0.1, 0.15) is 48.2 Å². The smallest absolute Gasteiger partial charge is 0.338 e. The van der Waals surface area contributed by atoms with Crippen molar-refractivity contribution in [2.45, 2.75) is 39.2 Å². The van der Waals surface area contributed by atoms with Gasteiger partial charge in [-0.15, -0.1) is 0 Å². The zero-order valence-electron chi connectivity index (χ0n) is 17.6. The Balaban J connectivity index is 1.87. The summed E-state index contributed by atoms with van der Waals surface area (Å²) < 4.78 is 29.8. The first kappa shape index (κ1) is 23.6. The number of carbonyl (C=O) groups excluding carboxylic acids is 2. The minimum atomic E-state index is -3.23. The molecule has 2 rings (SSSR count). The lowest BCUT2D eigenvalue weighted by Crippen LogP contribution is -2.30. The molecule has 0 aliphatic rings. The number of nitrogens with one attached hydrogen (secondary N) is 2. The van der Waals surface area contributed by atoms with Crippen molar-refractivity contribution in [2.24, 2.45) is 0 Å². The van der Waals surface area contributed by atoms with Gasteiger partial charge in [0.05, 0.1) is 11.8 Å². The standard InChI is InChI=1S/C22H28N2O5S/c1-15(2)18-9-11-20(12-10-18)24-21(25)16(3)29-22(26)19-7-5-17(6-8-19)13-14-23-30(4,27)28/h5-12,15-16,23H,13-14H2,1-4H3,(H,24,25)/t16-/m0/s1. The van der Waals surface area contributed by atoms with Crippen LogP contribution in [0, 0.1) is 0 Å². The van der Waals surface area contributed by atoms with Crippen LogP contribution in [0.5, 0.6) is 0 Å². The monoisotopic (exact) mass is 432 g/mol. The summed E-state index contributed by atoms with van der Waals surface area (Å²) in [7, 11) is -3.23. The lowest BCUT2D eigenvalue weighted by atomic mass is 10.0. The lowest BCUT2D eigenvalue weighted by Gasteiger charge is -2.14. The minimum absolute atomic E-state index is 0.276. The van der Waals surface area contributed by atoms with Crippen LogP contribution in [0.2, 0.25) is 0 Å². The summed E-state index contributed by atoms with van der Waals surface area (Å²) in [5.41, 5.74) is 3.00. The third kappa shape index (κ3) is 7.61. The number of sulfonamides is 1. The molecule has 0 heterocycles. The second-order valence-electron chi connectivity index (χ2n) is 7.43. The fourth-order valence-corrected chi connectivity index (χ4v) is 3.14. The molecule has 0 saturated carbocycles. The lowest BCUT2D eigenvalue weighted by molar-refractivity contribution is -0.123. The highest BCUT2D eigenvalue weighted by Gasteiger charge is 2.19. The van der Waals surface area contributed by atoms with E-state index in [4.69, 9.17) is 4.74 Å². The molecule has 0 bridgehead atoms. The molecule has 30 heavy (non-hydrogen) atoms. The minimum Gasteiger partial charge on any atom is -0.449 e. The highest BCUT2D eigenvalue weighted by Crippen LogP contribution is 2.17. The molecule has 7 nitrogen and oxygen atoms in total. The van der Waals surface area contributed by atoms with Gasteiger partial charge in [-0.2, -0.15) is 0 Å². The summed E-state index contributed by atoms with van der Waals surface area (Å²) in [5, 5.41) is 2.74. The predicted molar refractivity (Wildman–Crippen MR) is 117 cm³/mol. The van der Waals surface area contributed by atoms with Gasteiger partial charge in [-0.1, -0.05) is 38.1 Å². The van der Waals surface area contributed by atoms with E-state index in [1.54, 1.807) is 24.3 Å². The van der Waals surface area contributed by atoms with Gasteiger partial charge in [-0.3, -0.25) is 4.79 Å². The van der Waals surface area contributed by atoms with E-state index in [0.717, 1.165) is 11.8 Å². The Morgan fingerprint density at radius 2 is 1.57 bits per heavy atom. The molecule has 0 aromatic heterocycles. The number of amides is 1. The summed E-state index contributed by atoms with van der Waals surface area (Å²) in [6, 6.07) is 14.2. The maximum Gasteiger partial charge on any atom is 0.338 e. The highest BCUT2D eigenvalue weighted by molar-refractivity contribution is 7.88. The van der Waals surface area contributed by atoms with E-state index in [2.05, 4.69) is 23.9 Å². The average molecular weight is 433 g/mol. The highest BCUT2D eigenvalue weighted by atomic mass is 32.2. The molecule has 0 fully saturated rings. The van der Waals surface area contributed by atoms with Gasteiger partial charge >= 0.3 is 5.97 Å². The Hall–Kier alpha value is -2.71. The van der Waals surface area contributed by atoms with Crippen LogP contribution in [-0.2, 0) is 26.0 Å². The maximum atomic E-state index is 12.3.